The number of rotatable bonds is 3. The van der Waals surface area contributed by atoms with Gasteiger partial charge in [0, 0.05) is 29.9 Å². The zero-order valence-corrected chi connectivity index (χ0v) is 11.7. The van der Waals surface area contributed by atoms with Crippen molar-refractivity contribution in [3.63, 3.8) is 0 Å². The lowest BCUT2D eigenvalue weighted by atomic mass is 9.74. The van der Waals surface area contributed by atoms with Crippen LogP contribution in [0.1, 0.15) is 56.2 Å². The lowest BCUT2D eigenvalue weighted by molar-refractivity contribution is 0.259. The van der Waals surface area contributed by atoms with E-state index in [-0.39, 0.29) is 0 Å². The van der Waals surface area contributed by atoms with Gasteiger partial charge in [0.1, 0.15) is 5.82 Å². The quantitative estimate of drug-likeness (QED) is 0.889. The van der Waals surface area contributed by atoms with Gasteiger partial charge in [-0.25, -0.2) is 9.97 Å². The van der Waals surface area contributed by atoms with Gasteiger partial charge in [-0.15, -0.1) is 0 Å². The standard InChI is InChI=1S/C15H23N3/c1-15(2)7-12(16-3)11-9-17-14(6-10-4-5-10)18-13(11)8-15/h9-10,12,16H,4-8H2,1-3H3. The lowest BCUT2D eigenvalue weighted by Gasteiger charge is -2.36. The molecule has 3 nitrogen and oxygen atoms in total. The Labute approximate surface area is 109 Å². The summed E-state index contributed by atoms with van der Waals surface area (Å²) in [6.07, 6.45) is 8.13. The molecular formula is C15H23N3. The first-order chi connectivity index (χ1) is 8.57. The van der Waals surface area contributed by atoms with E-state index in [9.17, 15) is 0 Å². The molecule has 3 rings (SSSR count). The molecule has 0 bridgehead atoms. The van der Waals surface area contributed by atoms with Crippen molar-refractivity contribution in [2.24, 2.45) is 11.3 Å². The van der Waals surface area contributed by atoms with Gasteiger partial charge in [-0.2, -0.15) is 0 Å². The van der Waals surface area contributed by atoms with E-state index in [0.29, 0.717) is 11.5 Å². The zero-order valence-electron chi connectivity index (χ0n) is 11.7. The first kappa shape index (κ1) is 12.1. The van der Waals surface area contributed by atoms with Crippen LogP contribution >= 0.6 is 0 Å². The summed E-state index contributed by atoms with van der Waals surface area (Å²) in [6.45, 7) is 4.67. The molecule has 0 amide bonds. The minimum Gasteiger partial charge on any atom is -0.313 e. The minimum absolute atomic E-state index is 0.339. The molecule has 1 aromatic heterocycles. The Morgan fingerprint density at radius 2 is 2.17 bits per heavy atom. The third-order valence-electron chi connectivity index (χ3n) is 4.24. The van der Waals surface area contributed by atoms with E-state index in [4.69, 9.17) is 4.98 Å². The van der Waals surface area contributed by atoms with Gasteiger partial charge in [-0.05, 0) is 44.1 Å². The number of hydrogen-bond acceptors (Lipinski definition) is 3. The Morgan fingerprint density at radius 1 is 1.39 bits per heavy atom. The van der Waals surface area contributed by atoms with E-state index < -0.39 is 0 Å². The predicted octanol–water partition coefficient (Wildman–Crippen LogP) is 2.66. The summed E-state index contributed by atoms with van der Waals surface area (Å²) in [7, 11) is 2.04. The average molecular weight is 245 g/mol. The number of nitrogens with zero attached hydrogens (tertiary/aromatic N) is 2. The number of hydrogen-bond donors (Lipinski definition) is 1. The molecule has 0 spiro atoms. The normalized spacial score (nSPS) is 25.8. The highest BCUT2D eigenvalue weighted by Crippen LogP contribution is 2.40. The highest BCUT2D eigenvalue weighted by molar-refractivity contribution is 5.26. The van der Waals surface area contributed by atoms with Crippen LogP contribution in [0.3, 0.4) is 0 Å². The fraction of sp³-hybridized carbons (Fsp3) is 0.733. The van der Waals surface area contributed by atoms with Gasteiger partial charge in [0.2, 0.25) is 0 Å². The second-order valence-electron chi connectivity index (χ2n) is 6.72. The first-order valence-corrected chi connectivity index (χ1v) is 7.09. The molecule has 0 aliphatic heterocycles. The summed E-state index contributed by atoms with van der Waals surface area (Å²) < 4.78 is 0. The predicted molar refractivity (Wildman–Crippen MR) is 72.4 cm³/mol. The van der Waals surface area contributed by atoms with Crippen LogP contribution in [0.4, 0.5) is 0 Å². The molecule has 0 radical (unpaired) electrons. The van der Waals surface area contributed by atoms with E-state index >= 15 is 0 Å². The van der Waals surface area contributed by atoms with E-state index in [0.717, 1.165) is 24.6 Å². The van der Waals surface area contributed by atoms with Crippen LogP contribution in [-0.2, 0) is 12.8 Å². The van der Waals surface area contributed by atoms with Gasteiger partial charge in [-0.1, -0.05) is 13.8 Å². The average Bonchev–Trinajstić information content (AvgIpc) is 3.10. The number of nitrogens with one attached hydrogen (secondary N) is 1. The van der Waals surface area contributed by atoms with Crippen LogP contribution in [0, 0.1) is 11.3 Å². The third kappa shape index (κ3) is 2.41. The highest BCUT2D eigenvalue weighted by Gasteiger charge is 2.33. The Bertz CT molecular complexity index is 449. The number of aromatic nitrogens is 2. The molecule has 1 N–H and O–H groups in total. The first-order valence-electron chi connectivity index (χ1n) is 7.09. The van der Waals surface area contributed by atoms with Crippen LogP contribution in [0.5, 0.6) is 0 Å². The van der Waals surface area contributed by atoms with Crippen LogP contribution in [0.15, 0.2) is 6.20 Å². The van der Waals surface area contributed by atoms with E-state index in [2.05, 4.69) is 30.3 Å². The molecule has 98 valence electrons. The SMILES string of the molecule is CNC1CC(C)(C)Cc2nc(CC3CC3)ncc21. The largest absolute Gasteiger partial charge is 0.313 e. The summed E-state index contributed by atoms with van der Waals surface area (Å²) in [5.41, 5.74) is 2.93. The molecule has 1 aromatic rings. The second kappa shape index (κ2) is 4.30. The molecule has 1 heterocycles. The second-order valence-corrected chi connectivity index (χ2v) is 6.72. The topological polar surface area (TPSA) is 37.8 Å². The number of fused-ring (bicyclic) bond motifs is 1. The highest BCUT2D eigenvalue weighted by atomic mass is 14.9. The van der Waals surface area contributed by atoms with Crippen molar-refractivity contribution in [2.45, 2.75) is 52.0 Å². The molecule has 2 aliphatic rings. The van der Waals surface area contributed by atoms with E-state index in [1.807, 2.05) is 7.05 Å². The van der Waals surface area contributed by atoms with Crippen molar-refractivity contribution < 1.29 is 0 Å². The van der Waals surface area contributed by atoms with Crippen LogP contribution in [-0.4, -0.2) is 17.0 Å². The fourth-order valence-corrected chi connectivity index (χ4v) is 3.02. The maximum Gasteiger partial charge on any atom is 0.128 e. The summed E-state index contributed by atoms with van der Waals surface area (Å²) >= 11 is 0. The van der Waals surface area contributed by atoms with Crippen LogP contribution < -0.4 is 5.32 Å². The van der Waals surface area contributed by atoms with E-state index in [1.165, 1.54) is 30.5 Å². The fourth-order valence-electron chi connectivity index (χ4n) is 3.02. The van der Waals surface area contributed by atoms with Crippen molar-refractivity contribution in [1.82, 2.24) is 15.3 Å². The maximum absolute atomic E-state index is 4.84. The Kier molecular flexibility index (Phi) is 2.89. The lowest BCUT2D eigenvalue weighted by Crippen LogP contribution is -2.32. The summed E-state index contributed by atoms with van der Waals surface area (Å²) in [6, 6.07) is 0.415. The smallest absolute Gasteiger partial charge is 0.128 e. The molecule has 1 saturated carbocycles. The third-order valence-corrected chi connectivity index (χ3v) is 4.24. The van der Waals surface area contributed by atoms with Gasteiger partial charge in [0.05, 0.1) is 0 Å². The van der Waals surface area contributed by atoms with Gasteiger partial charge in [0.15, 0.2) is 0 Å². The van der Waals surface area contributed by atoms with Gasteiger partial charge in [0.25, 0.3) is 0 Å². The summed E-state index contributed by atoms with van der Waals surface area (Å²) in [5, 5.41) is 3.41. The van der Waals surface area contributed by atoms with Crippen molar-refractivity contribution in [3.8, 4) is 0 Å². The molecule has 3 heteroatoms. The Morgan fingerprint density at radius 3 is 2.83 bits per heavy atom. The Balaban J connectivity index is 1.90. The molecule has 18 heavy (non-hydrogen) atoms. The molecular weight excluding hydrogens is 222 g/mol. The minimum atomic E-state index is 0.339. The van der Waals surface area contributed by atoms with Crippen LogP contribution in [0.2, 0.25) is 0 Å². The van der Waals surface area contributed by atoms with Crippen molar-refractivity contribution in [1.29, 1.82) is 0 Å². The van der Waals surface area contributed by atoms with Crippen molar-refractivity contribution in [2.75, 3.05) is 7.05 Å². The van der Waals surface area contributed by atoms with Crippen molar-refractivity contribution >= 4 is 0 Å². The molecule has 1 unspecified atom stereocenters. The monoisotopic (exact) mass is 245 g/mol. The molecule has 0 saturated heterocycles. The summed E-state index contributed by atoms with van der Waals surface area (Å²) in [5.74, 6) is 1.92. The van der Waals surface area contributed by atoms with Crippen molar-refractivity contribution in [3.05, 3.63) is 23.3 Å². The summed E-state index contributed by atoms with van der Waals surface area (Å²) in [4.78, 5) is 9.40. The molecule has 1 fully saturated rings. The van der Waals surface area contributed by atoms with Gasteiger partial charge >= 0.3 is 0 Å². The van der Waals surface area contributed by atoms with Gasteiger partial charge in [-0.3, -0.25) is 0 Å². The molecule has 0 aromatic carbocycles. The van der Waals surface area contributed by atoms with E-state index in [1.54, 1.807) is 0 Å². The van der Waals surface area contributed by atoms with Crippen LogP contribution in [0.25, 0.3) is 0 Å². The molecule has 2 aliphatic carbocycles. The zero-order chi connectivity index (χ0) is 12.8. The molecule has 1 atom stereocenters. The maximum atomic E-state index is 4.84. The van der Waals surface area contributed by atoms with Gasteiger partial charge < -0.3 is 5.32 Å². The Hall–Kier alpha value is -0.960.